The van der Waals surface area contributed by atoms with E-state index in [0.29, 0.717) is 11.6 Å². The quantitative estimate of drug-likeness (QED) is 0.0609. The van der Waals surface area contributed by atoms with E-state index < -0.39 is 257 Å². The lowest BCUT2D eigenvalue weighted by atomic mass is 9.71. The molecule has 0 bridgehead atoms. The Morgan fingerprint density at radius 3 is 0.867 bits per heavy atom. The van der Waals surface area contributed by atoms with E-state index in [1.807, 2.05) is 0 Å². The van der Waals surface area contributed by atoms with Gasteiger partial charge in [-0.25, -0.2) is 0 Å². The third kappa shape index (κ3) is 10.7. The highest BCUT2D eigenvalue weighted by atomic mass is 16.5. The van der Waals surface area contributed by atoms with Crippen LogP contribution in [0.3, 0.4) is 0 Å². The van der Waals surface area contributed by atoms with Crippen molar-refractivity contribution in [2.45, 2.75) is 98.1 Å². The molecule has 29 nitrogen and oxygen atoms in total. The van der Waals surface area contributed by atoms with Gasteiger partial charge in [0.1, 0.15) is 123 Å². The summed E-state index contributed by atoms with van der Waals surface area (Å²) < 4.78 is 33.0. The van der Waals surface area contributed by atoms with Crippen molar-refractivity contribution in [2.24, 2.45) is 0 Å². The van der Waals surface area contributed by atoms with Gasteiger partial charge in [0.05, 0.1) is 29.8 Å². The van der Waals surface area contributed by atoms with Crippen molar-refractivity contribution in [1.29, 1.82) is 0 Å². The summed E-state index contributed by atoms with van der Waals surface area (Å²) in [5.41, 5.74) is -4.81. The summed E-state index contributed by atoms with van der Waals surface area (Å²) in [5.74, 6) is -25.8. The number of rotatable bonds is 9. The number of ether oxygens (including phenoxy) is 5. The molecule has 0 saturated heterocycles. The number of aromatic hydroxyl groups is 19. The zero-order valence-electron chi connectivity index (χ0n) is 54.2. The Morgan fingerprint density at radius 1 is 0.248 bits per heavy atom. The smallest absolute Gasteiger partial charge is 0.157 e. The van der Waals surface area contributed by atoms with Crippen LogP contribution >= 0.6 is 0 Å². The maximum atomic E-state index is 13.4. The van der Waals surface area contributed by atoms with E-state index in [4.69, 9.17) is 23.7 Å². The standard InChI is InChI=1S/C76H64O29/c1-24-2-3-25(12-36(24)82)68-50(96)19-31-37(83)20-43(89)53(73(31)102-68)61-55-45(91)22-47(93)57(75(55)104-70(65(61)98)27-5-9-33(79)39(85)14-27)63-59-49(95)23-48(94)58(76(59)105-72(67(63)100)29-7-11-35(81)41(87)16-29)62-56-46(92)21-44(90)54(74(56)103-71(66(62)99)28-6-10-34(80)40(86)15-28)60-52-42(88)17-30(77)18-51(52)101-69(64(60)97)26-4-8-32(78)38(84)13-26/h2-18,20-23,50,60-72,77-100H,19H2,1H3/t50-,60-,61+,62-,63+,64-,65-,66-,67-,68-,69-,70-,71-,72-/m1/s1. The third-order valence-corrected chi connectivity index (χ3v) is 20.4. The lowest BCUT2D eigenvalue weighted by molar-refractivity contribution is -0.0101. The molecule has 10 aromatic carbocycles. The van der Waals surface area contributed by atoms with Gasteiger partial charge in [-0.1, -0.05) is 36.4 Å². The van der Waals surface area contributed by atoms with Crippen LogP contribution in [0, 0.1) is 6.92 Å². The van der Waals surface area contributed by atoms with E-state index in [0.717, 1.165) is 84.9 Å². The molecule has 0 unspecified atom stereocenters. The van der Waals surface area contributed by atoms with Gasteiger partial charge in [0.25, 0.3) is 0 Å². The van der Waals surface area contributed by atoms with Crippen LogP contribution in [0.5, 0.6) is 138 Å². The molecular formula is C76H64O29. The van der Waals surface area contributed by atoms with Crippen molar-refractivity contribution in [3.63, 3.8) is 0 Å². The molecule has 0 fully saturated rings. The molecule has 15 rings (SSSR count). The minimum atomic E-state index is -2.29. The summed E-state index contributed by atoms with van der Waals surface area (Å²) in [6.07, 6.45) is -19.6. The third-order valence-electron chi connectivity index (χ3n) is 20.4. The number of phenols is 19. The fraction of sp³-hybridized carbons (Fsp3) is 0.211. The summed E-state index contributed by atoms with van der Waals surface area (Å²) in [5, 5.41) is 284. The summed E-state index contributed by atoms with van der Waals surface area (Å²) in [6, 6.07) is 21.9. The molecule has 29 heteroatoms. The predicted octanol–water partition coefficient (Wildman–Crippen LogP) is 7.94. The van der Waals surface area contributed by atoms with Crippen LogP contribution in [-0.4, -0.2) is 153 Å². The first-order valence-electron chi connectivity index (χ1n) is 32.4. The highest BCUT2D eigenvalue weighted by Gasteiger charge is 2.55. The monoisotopic (exact) mass is 1440 g/mol. The predicted molar refractivity (Wildman–Crippen MR) is 359 cm³/mol. The second-order valence-corrected chi connectivity index (χ2v) is 26.6. The van der Waals surface area contributed by atoms with Crippen LogP contribution in [0.1, 0.15) is 138 Å². The van der Waals surface area contributed by atoms with Crippen LogP contribution in [0.25, 0.3) is 0 Å². The first-order chi connectivity index (χ1) is 49.9. The van der Waals surface area contributed by atoms with Crippen LogP contribution in [0.4, 0.5) is 0 Å². The molecule has 5 heterocycles. The van der Waals surface area contributed by atoms with Crippen LogP contribution in [0.15, 0.2) is 127 Å². The normalized spacial score (nSPS) is 24.2. The largest absolute Gasteiger partial charge is 0.508 e. The van der Waals surface area contributed by atoms with Crippen LogP contribution in [0.2, 0.25) is 0 Å². The molecular weight excluding hydrogens is 1380 g/mol. The summed E-state index contributed by atoms with van der Waals surface area (Å²) in [4.78, 5) is 0. The highest BCUT2D eigenvalue weighted by Crippen LogP contribution is 2.67. The molecule has 14 atom stereocenters. The van der Waals surface area contributed by atoms with Gasteiger partial charge in [-0.15, -0.1) is 0 Å². The van der Waals surface area contributed by atoms with Gasteiger partial charge in [-0.3, -0.25) is 0 Å². The van der Waals surface area contributed by atoms with E-state index in [2.05, 4.69) is 0 Å². The van der Waals surface area contributed by atoms with Gasteiger partial charge in [0, 0.05) is 92.9 Å². The molecule has 5 aliphatic heterocycles. The fourth-order valence-corrected chi connectivity index (χ4v) is 15.5. The Morgan fingerprint density at radius 2 is 0.524 bits per heavy atom. The van der Waals surface area contributed by atoms with Crippen molar-refractivity contribution in [2.75, 3.05) is 0 Å². The molecule has 0 aromatic heterocycles. The maximum absolute atomic E-state index is 13.4. The first kappa shape index (κ1) is 68.0. The van der Waals surface area contributed by atoms with E-state index in [1.54, 1.807) is 6.92 Å². The number of hydrogen-bond acceptors (Lipinski definition) is 29. The molecule has 10 aromatic rings. The van der Waals surface area contributed by atoms with Crippen molar-refractivity contribution in [3.8, 4) is 138 Å². The Kier molecular flexibility index (Phi) is 16.0. The lowest BCUT2D eigenvalue weighted by Crippen LogP contribution is -2.40. The SMILES string of the molecule is Cc1ccc([C@H]2Oc3c(c(O)cc(O)c3[C@H]3c4c(O)cc(O)c([C@H]5c6c(O)cc(O)c([C@H]7c8c(O)cc(O)c([C@H]9c%10c(O)cc(O)cc%10O[C@H](c%10ccc(O)c(O)c%10)[C@@H]9O)c8O[C@H](c8ccc(O)c(O)c8)[C@@H]7O)c6O[C@H](c6ccc(O)c(O)c6)[C@@H]5O)c4O[C@H](c4ccc(O)c(O)c4)[C@@H]3O)C[C@H]2O)cc1O. The molecule has 105 heavy (non-hydrogen) atoms. The van der Waals surface area contributed by atoms with E-state index in [1.165, 1.54) is 36.4 Å². The van der Waals surface area contributed by atoms with Crippen molar-refractivity contribution in [1.82, 2.24) is 0 Å². The van der Waals surface area contributed by atoms with Crippen molar-refractivity contribution < 1.29 is 146 Å². The van der Waals surface area contributed by atoms with Gasteiger partial charge in [0.2, 0.25) is 0 Å². The van der Waals surface area contributed by atoms with Crippen LogP contribution in [-0.2, 0) is 6.42 Å². The second kappa shape index (κ2) is 24.7. The number of benzene rings is 10. The molecule has 5 aliphatic rings. The second-order valence-electron chi connectivity index (χ2n) is 26.6. The number of phenolic OH excluding ortho intramolecular Hbond substituents is 19. The van der Waals surface area contributed by atoms with E-state index in [9.17, 15) is 123 Å². The number of aryl methyl sites for hydroxylation is 1. The Labute approximate surface area is 590 Å². The maximum Gasteiger partial charge on any atom is 0.157 e. The van der Waals surface area contributed by atoms with E-state index >= 15 is 0 Å². The fourth-order valence-electron chi connectivity index (χ4n) is 15.5. The topological polar surface area (TPSA) is 532 Å². The summed E-state index contributed by atoms with van der Waals surface area (Å²) in [6.45, 7) is 1.61. The molecule has 0 amide bonds. The zero-order chi connectivity index (χ0) is 74.7. The number of fused-ring (bicyclic) bond motifs is 5. The highest BCUT2D eigenvalue weighted by molar-refractivity contribution is 5.75. The molecule has 0 aliphatic carbocycles. The van der Waals surface area contributed by atoms with Crippen molar-refractivity contribution in [3.05, 3.63) is 211 Å². The molecule has 0 spiro atoms. The first-order valence-corrected chi connectivity index (χ1v) is 32.4. The molecule has 0 saturated carbocycles. The molecule has 24 N–H and O–H groups in total. The van der Waals surface area contributed by atoms with Crippen molar-refractivity contribution >= 4 is 0 Å². The summed E-state index contributed by atoms with van der Waals surface area (Å²) in [7, 11) is 0. The number of aliphatic hydroxyl groups is 5. The minimum absolute atomic E-state index is 0.0453. The van der Waals surface area contributed by atoms with Gasteiger partial charge >= 0.3 is 0 Å². The van der Waals surface area contributed by atoms with E-state index in [-0.39, 0.29) is 50.4 Å². The average molecular weight is 1440 g/mol. The van der Waals surface area contributed by atoms with Gasteiger partial charge in [-0.2, -0.15) is 0 Å². The lowest BCUT2D eigenvalue weighted by Gasteiger charge is -2.45. The van der Waals surface area contributed by atoms with Crippen LogP contribution < -0.4 is 23.7 Å². The Bertz CT molecular complexity index is 5270. The Hall–Kier alpha value is -12.8. The number of aliphatic hydroxyl groups excluding tert-OH is 5. The summed E-state index contributed by atoms with van der Waals surface area (Å²) >= 11 is 0. The molecule has 0 radical (unpaired) electrons. The zero-order valence-corrected chi connectivity index (χ0v) is 54.2. The van der Waals surface area contributed by atoms with Gasteiger partial charge in [-0.05, 0) is 94.9 Å². The number of hydrogen-bond donors (Lipinski definition) is 24. The minimum Gasteiger partial charge on any atom is -0.508 e. The van der Waals surface area contributed by atoms with Gasteiger partial charge in [0.15, 0.2) is 70.4 Å². The van der Waals surface area contributed by atoms with Gasteiger partial charge < -0.3 is 146 Å². The molecule has 542 valence electrons. The Balaban J connectivity index is 1.00. The average Bonchev–Trinajstić information content (AvgIpc) is 0.718.